The second-order valence-electron chi connectivity index (χ2n) is 5.57. The van der Waals surface area contributed by atoms with Crippen LogP contribution in [0.1, 0.15) is 45.4 Å². The molecule has 1 aliphatic heterocycles. The first-order valence-corrected chi connectivity index (χ1v) is 6.81. The molecule has 1 heterocycles. The summed E-state index contributed by atoms with van der Waals surface area (Å²) >= 11 is 0. The molecule has 1 saturated heterocycles. The van der Waals surface area contributed by atoms with Crippen LogP contribution in [0.25, 0.3) is 0 Å². The lowest BCUT2D eigenvalue weighted by Crippen LogP contribution is -2.49. The highest BCUT2D eigenvalue weighted by atomic mass is 16.5. The fourth-order valence-electron chi connectivity index (χ4n) is 2.80. The minimum atomic E-state index is 0.0252. The lowest BCUT2D eigenvalue weighted by Gasteiger charge is -2.35. The largest absolute Gasteiger partial charge is 0.375 e. The van der Waals surface area contributed by atoms with E-state index >= 15 is 0 Å². The Labute approximate surface area is 103 Å². The summed E-state index contributed by atoms with van der Waals surface area (Å²) in [6.45, 7) is 4.58. The molecule has 98 valence electrons. The van der Waals surface area contributed by atoms with Crippen LogP contribution >= 0.6 is 0 Å². The number of carbonyl (C=O) groups excluding carboxylic acids is 1. The molecule has 0 aromatic heterocycles. The predicted octanol–water partition coefficient (Wildman–Crippen LogP) is 1.20. The predicted molar refractivity (Wildman–Crippen MR) is 66.9 cm³/mol. The van der Waals surface area contributed by atoms with E-state index in [1.54, 1.807) is 0 Å². The summed E-state index contributed by atoms with van der Waals surface area (Å²) < 4.78 is 5.55. The van der Waals surface area contributed by atoms with Crippen molar-refractivity contribution in [3.05, 3.63) is 0 Å². The first-order valence-electron chi connectivity index (χ1n) is 6.81. The third-order valence-electron chi connectivity index (χ3n) is 3.82. The standard InChI is InChI=1S/C13H24N2O2/c1-13(5-3-2-4-6-13)15-12(16)9-11-10-14-7-8-17-11/h11,14H,2-10H2,1H3,(H,15,16). The molecule has 0 radical (unpaired) electrons. The summed E-state index contributed by atoms with van der Waals surface area (Å²) in [5.74, 6) is 0.142. The lowest BCUT2D eigenvalue weighted by molar-refractivity contribution is -0.126. The maximum absolute atomic E-state index is 12.0. The lowest BCUT2D eigenvalue weighted by atomic mass is 9.83. The van der Waals surface area contributed by atoms with Crippen LogP contribution in [0.15, 0.2) is 0 Å². The molecule has 2 aliphatic rings. The van der Waals surface area contributed by atoms with E-state index in [0.717, 1.165) is 32.5 Å². The molecule has 0 spiro atoms. The zero-order chi connectivity index (χ0) is 12.1. The van der Waals surface area contributed by atoms with Gasteiger partial charge in [0.05, 0.1) is 19.1 Å². The van der Waals surface area contributed by atoms with Gasteiger partial charge in [-0.25, -0.2) is 0 Å². The van der Waals surface area contributed by atoms with Crippen molar-refractivity contribution < 1.29 is 9.53 Å². The Bertz CT molecular complexity index is 256. The Balaban J connectivity index is 1.75. The number of rotatable bonds is 3. The third kappa shape index (κ3) is 3.96. The van der Waals surface area contributed by atoms with Gasteiger partial charge in [0.15, 0.2) is 0 Å². The van der Waals surface area contributed by atoms with E-state index in [1.165, 1.54) is 19.3 Å². The third-order valence-corrected chi connectivity index (χ3v) is 3.82. The zero-order valence-corrected chi connectivity index (χ0v) is 10.8. The Hall–Kier alpha value is -0.610. The van der Waals surface area contributed by atoms with Crippen LogP contribution in [-0.4, -0.2) is 37.2 Å². The number of hydrogen-bond donors (Lipinski definition) is 2. The Morgan fingerprint density at radius 1 is 1.41 bits per heavy atom. The fourth-order valence-corrected chi connectivity index (χ4v) is 2.80. The van der Waals surface area contributed by atoms with Gasteiger partial charge in [0.2, 0.25) is 5.91 Å². The monoisotopic (exact) mass is 240 g/mol. The van der Waals surface area contributed by atoms with E-state index in [9.17, 15) is 4.79 Å². The molecule has 0 bridgehead atoms. The molecule has 1 saturated carbocycles. The van der Waals surface area contributed by atoms with Crippen molar-refractivity contribution in [3.63, 3.8) is 0 Å². The van der Waals surface area contributed by atoms with Crippen LogP contribution < -0.4 is 10.6 Å². The molecule has 0 aromatic rings. The van der Waals surface area contributed by atoms with Crippen LogP contribution in [0.3, 0.4) is 0 Å². The summed E-state index contributed by atoms with van der Waals surface area (Å²) in [6, 6.07) is 0. The fraction of sp³-hybridized carbons (Fsp3) is 0.923. The van der Waals surface area contributed by atoms with Crippen molar-refractivity contribution >= 4 is 5.91 Å². The topological polar surface area (TPSA) is 50.4 Å². The molecular weight excluding hydrogens is 216 g/mol. The maximum atomic E-state index is 12.0. The maximum Gasteiger partial charge on any atom is 0.223 e. The van der Waals surface area contributed by atoms with Gasteiger partial charge in [0, 0.05) is 18.6 Å². The summed E-state index contributed by atoms with van der Waals surface area (Å²) in [7, 11) is 0. The molecule has 0 aromatic carbocycles. The van der Waals surface area contributed by atoms with Crippen LogP contribution in [0.5, 0.6) is 0 Å². The summed E-state index contributed by atoms with van der Waals surface area (Å²) in [5.41, 5.74) is 0.0252. The van der Waals surface area contributed by atoms with E-state index in [-0.39, 0.29) is 17.6 Å². The van der Waals surface area contributed by atoms with Gasteiger partial charge in [-0.1, -0.05) is 19.3 Å². The van der Waals surface area contributed by atoms with Gasteiger partial charge in [0.1, 0.15) is 0 Å². The van der Waals surface area contributed by atoms with E-state index in [4.69, 9.17) is 4.74 Å². The van der Waals surface area contributed by atoms with Crippen LogP contribution in [0, 0.1) is 0 Å². The first kappa shape index (κ1) is 12.8. The molecule has 4 heteroatoms. The number of morpholine rings is 1. The Kier molecular flexibility index (Phi) is 4.40. The number of nitrogens with one attached hydrogen (secondary N) is 2. The minimum Gasteiger partial charge on any atom is -0.375 e. The van der Waals surface area contributed by atoms with Gasteiger partial charge >= 0.3 is 0 Å². The first-order chi connectivity index (χ1) is 8.18. The molecule has 1 aliphatic carbocycles. The van der Waals surface area contributed by atoms with Gasteiger partial charge in [0.25, 0.3) is 0 Å². The molecule has 1 unspecified atom stereocenters. The highest BCUT2D eigenvalue weighted by Gasteiger charge is 2.29. The quantitative estimate of drug-likeness (QED) is 0.779. The molecule has 2 rings (SSSR count). The molecule has 1 amide bonds. The number of amides is 1. The molecule has 2 fully saturated rings. The van der Waals surface area contributed by atoms with Crippen molar-refractivity contribution in [1.29, 1.82) is 0 Å². The molecule has 2 N–H and O–H groups in total. The summed E-state index contributed by atoms with van der Waals surface area (Å²) in [5, 5.41) is 6.44. The van der Waals surface area contributed by atoms with Crippen molar-refractivity contribution in [1.82, 2.24) is 10.6 Å². The smallest absolute Gasteiger partial charge is 0.223 e. The minimum absolute atomic E-state index is 0.0252. The number of carbonyl (C=O) groups is 1. The van der Waals surface area contributed by atoms with Gasteiger partial charge in [-0.15, -0.1) is 0 Å². The Morgan fingerprint density at radius 2 is 2.18 bits per heavy atom. The Morgan fingerprint density at radius 3 is 2.82 bits per heavy atom. The van der Waals surface area contributed by atoms with Crippen molar-refractivity contribution in [3.8, 4) is 0 Å². The average molecular weight is 240 g/mol. The van der Waals surface area contributed by atoms with E-state index < -0.39 is 0 Å². The zero-order valence-electron chi connectivity index (χ0n) is 10.8. The van der Waals surface area contributed by atoms with Crippen LogP contribution in [-0.2, 0) is 9.53 Å². The van der Waals surface area contributed by atoms with Gasteiger partial charge in [-0.2, -0.15) is 0 Å². The molecule has 1 atom stereocenters. The summed E-state index contributed by atoms with van der Waals surface area (Å²) in [4.78, 5) is 12.0. The number of hydrogen-bond acceptors (Lipinski definition) is 3. The molecule has 4 nitrogen and oxygen atoms in total. The molecule has 17 heavy (non-hydrogen) atoms. The van der Waals surface area contributed by atoms with E-state index in [1.807, 2.05) is 0 Å². The average Bonchev–Trinajstić information content (AvgIpc) is 2.30. The van der Waals surface area contributed by atoms with E-state index in [2.05, 4.69) is 17.6 Å². The highest BCUT2D eigenvalue weighted by molar-refractivity contribution is 5.77. The van der Waals surface area contributed by atoms with Crippen LogP contribution in [0.4, 0.5) is 0 Å². The van der Waals surface area contributed by atoms with E-state index in [0.29, 0.717) is 6.42 Å². The highest BCUT2D eigenvalue weighted by Crippen LogP contribution is 2.27. The summed E-state index contributed by atoms with van der Waals surface area (Å²) in [6.07, 6.45) is 6.54. The van der Waals surface area contributed by atoms with Crippen LogP contribution in [0.2, 0.25) is 0 Å². The van der Waals surface area contributed by atoms with Gasteiger partial charge in [-0.3, -0.25) is 4.79 Å². The van der Waals surface area contributed by atoms with Crippen molar-refractivity contribution in [2.45, 2.75) is 57.1 Å². The normalized spacial score (nSPS) is 28.6. The van der Waals surface area contributed by atoms with Gasteiger partial charge in [-0.05, 0) is 19.8 Å². The van der Waals surface area contributed by atoms with Gasteiger partial charge < -0.3 is 15.4 Å². The SMILES string of the molecule is CC1(NC(=O)CC2CNCCO2)CCCCC1. The number of ether oxygens (including phenoxy) is 1. The second kappa shape index (κ2) is 5.83. The second-order valence-corrected chi connectivity index (χ2v) is 5.57. The van der Waals surface area contributed by atoms with Crippen molar-refractivity contribution in [2.24, 2.45) is 0 Å². The molecular formula is C13H24N2O2. The van der Waals surface area contributed by atoms with Crippen molar-refractivity contribution in [2.75, 3.05) is 19.7 Å².